The molecule has 72 valence electrons. The van der Waals surface area contributed by atoms with Crippen LogP contribution < -0.4 is 0 Å². The summed E-state index contributed by atoms with van der Waals surface area (Å²) in [5.74, 6) is -1.44. The van der Waals surface area contributed by atoms with Crippen molar-refractivity contribution in [1.29, 1.82) is 0 Å². The van der Waals surface area contributed by atoms with Gasteiger partial charge in [-0.15, -0.1) is 5.10 Å². The van der Waals surface area contributed by atoms with Crippen LogP contribution in [0.25, 0.3) is 0 Å². The van der Waals surface area contributed by atoms with E-state index in [0.717, 1.165) is 0 Å². The number of aryl methyl sites for hydroxylation is 1. The molecule has 0 fully saturated rings. The van der Waals surface area contributed by atoms with Gasteiger partial charge in [0.1, 0.15) is 5.56 Å². The highest BCUT2D eigenvalue weighted by molar-refractivity contribution is 5.90. The lowest BCUT2D eigenvalue weighted by atomic mass is 10.2. The highest BCUT2D eigenvalue weighted by atomic mass is 19.1. The predicted octanol–water partition coefficient (Wildman–Crippen LogP) is 1.04. The molecule has 0 unspecified atom stereocenters. The Morgan fingerprint density at radius 2 is 2.31 bits per heavy atom. The Kier molecular flexibility index (Phi) is 2.65. The van der Waals surface area contributed by atoms with Crippen LogP contribution in [0, 0.1) is 12.9 Å². The van der Waals surface area contributed by atoms with Gasteiger partial charge in [0, 0.05) is 7.05 Å². The Labute approximate surface area is 75.3 Å². The summed E-state index contributed by atoms with van der Waals surface area (Å²) in [5.41, 5.74) is 0.389. The van der Waals surface area contributed by atoms with Crippen molar-refractivity contribution < 1.29 is 13.9 Å². The highest BCUT2D eigenvalue weighted by Gasteiger charge is 2.20. The molecule has 0 aliphatic heterocycles. The molecule has 0 atom stereocenters. The van der Waals surface area contributed by atoms with E-state index in [1.54, 1.807) is 20.9 Å². The SMILES string of the molecule is CCOC(=O)c1c(F)nn(C)c1C. The molecule has 0 aliphatic rings. The fourth-order valence-corrected chi connectivity index (χ4v) is 1.00. The predicted molar refractivity (Wildman–Crippen MR) is 43.9 cm³/mol. The second-order valence-electron chi connectivity index (χ2n) is 2.60. The molecule has 4 nitrogen and oxygen atoms in total. The minimum atomic E-state index is -0.779. The van der Waals surface area contributed by atoms with Crippen LogP contribution >= 0.6 is 0 Å². The summed E-state index contributed by atoms with van der Waals surface area (Å²) < 4.78 is 19.0. The van der Waals surface area contributed by atoms with Gasteiger partial charge in [0.25, 0.3) is 0 Å². The van der Waals surface area contributed by atoms with E-state index in [0.29, 0.717) is 5.69 Å². The second-order valence-corrected chi connectivity index (χ2v) is 2.60. The maximum absolute atomic E-state index is 13.0. The molecule has 0 amide bonds. The minimum absolute atomic E-state index is 0.0793. The molecule has 13 heavy (non-hydrogen) atoms. The maximum Gasteiger partial charge on any atom is 0.344 e. The molecule has 0 saturated heterocycles. The van der Waals surface area contributed by atoms with Gasteiger partial charge in [-0.25, -0.2) is 4.79 Å². The summed E-state index contributed by atoms with van der Waals surface area (Å²) in [7, 11) is 1.57. The monoisotopic (exact) mass is 186 g/mol. The minimum Gasteiger partial charge on any atom is -0.462 e. The lowest BCUT2D eigenvalue weighted by molar-refractivity contribution is 0.0520. The number of carbonyl (C=O) groups excluding carboxylic acids is 1. The average molecular weight is 186 g/mol. The molecule has 1 rings (SSSR count). The molecule has 0 radical (unpaired) electrons. The maximum atomic E-state index is 13.0. The van der Waals surface area contributed by atoms with E-state index in [1.165, 1.54) is 4.68 Å². The smallest absolute Gasteiger partial charge is 0.344 e. The fraction of sp³-hybridized carbons (Fsp3) is 0.500. The Hall–Kier alpha value is -1.39. The molecular weight excluding hydrogens is 175 g/mol. The first-order chi connectivity index (χ1) is 6.07. The molecular formula is C8H11FN2O2. The van der Waals surface area contributed by atoms with Crippen LogP contribution in [-0.2, 0) is 11.8 Å². The van der Waals surface area contributed by atoms with Crippen LogP contribution in [0.3, 0.4) is 0 Å². The van der Waals surface area contributed by atoms with E-state index in [2.05, 4.69) is 9.84 Å². The highest BCUT2D eigenvalue weighted by Crippen LogP contribution is 2.12. The molecule has 0 aromatic carbocycles. The van der Waals surface area contributed by atoms with Crippen molar-refractivity contribution in [1.82, 2.24) is 9.78 Å². The van der Waals surface area contributed by atoms with Gasteiger partial charge in [-0.3, -0.25) is 4.68 Å². The summed E-state index contributed by atoms with van der Waals surface area (Å²) in [6, 6.07) is 0. The lowest BCUT2D eigenvalue weighted by Gasteiger charge is -1.99. The first-order valence-corrected chi connectivity index (χ1v) is 3.94. The van der Waals surface area contributed by atoms with Crippen molar-refractivity contribution in [3.05, 3.63) is 17.2 Å². The number of nitrogens with zero attached hydrogens (tertiary/aromatic N) is 2. The number of rotatable bonds is 2. The summed E-state index contributed by atoms with van der Waals surface area (Å²) in [5, 5.41) is 3.46. The number of hydrogen-bond acceptors (Lipinski definition) is 3. The van der Waals surface area contributed by atoms with Crippen LogP contribution in [0.15, 0.2) is 0 Å². The van der Waals surface area contributed by atoms with Gasteiger partial charge in [0.2, 0.25) is 5.95 Å². The largest absolute Gasteiger partial charge is 0.462 e. The quantitative estimate of drug-likeness (QED) is 0.648. The molecule has 5 heteroatoms. The molecule has 0 aliphatic carbocycles. The molecule has 1 aromatic rings. The van der Waals surface area contributed by atoms with E-state index in [-0.39, 0.29) is 12.2 Å². The number of aromatic nitrogens is 2. The van der Waals surface area contributed by atoms with Gasteiger partial charge in [-0.2, -0.15) is 4.39 Å². The third-order valence-corrected chi connectivity index (χ3v) is 1.77. The van der Waals surface area contributed by atoms with Gasteiger partial charge in [-0.1, -0.05) is 0 Å². The van der Waals surface area contributed by atoms with Crippen LogP contribution in [0.5, 0.6) is 0 Å². The van der Waals surface area contributed by atoms with Crippen LogP contribution in [0.4, 0.5) is 4.39 Å². The molecule has 0 saturated carbocycles. The number of halogens is 1. The first kappa shape index (κ1) is 9.70. The normalized spacial score (nSPS) is 10.2. The van der Waals surface area contributed by atoms with Crippen molar-refractivity contribution in [3.8, 4) is 0 Å². The fourth-order valence-electron chi connectivity index (χ4n) is 1.00. The van der Waals surface area contributed by atoms with Gasteiger partial charge in [0.05, 0.1) is 12.3 Å². The molecule has 0 N–H and O–H groups in total. The van der Waals surface area contributed by atoms with E-state index in [4.69, 9.17) is 0 Å². The van der Waals surface area contributed by atoms with Crippen LogP contribution in [0.1, 0.15) is 23.0 Å². The van der Waals surface area contributed by atoms with Crippen molar-refractivity contribution in [2.24, 2.45) is 7.05 Å². The zero-order chi connectivity index (χ0) is 10.0. The third-order valence-electron chi connectivity index (χ3n) is 1.77. The standard InChI is InChI=1S/C8H11FN2O2/c1-4-13-8(12)6-5(2)11(3)10-7(6)9/h4H2,1-3H3. The summed E-state index contributed by atoms with van der Waals surface area (Å²) >= 11 is 0. The van der Waals surface area contributed by atoms with Crippen LogP contribution in [0.2, 0.25) is 0 Å². The molecule has 1 heterocycles. The van der Waals surface area contributed by atoms with E-state index < -0.39 is 11.9 Å². The zero-order valence-electron chi connectivity index (χ0n) is 7.80. The zero-order valence-corrected chi connectivity index (χ0v) is 7.80. The van der Waals surface area contributed by atoms with Gasteiger partial charge in [-0.05, 0) is 13.8 Å². The van der Waals surface area contributed by atoms with E-state index in [9.17, 15) is 9.18 Å². The number of ether oxygens (including phenoxy) is 1. The second kappa shape index (κ2) is 3.55. The van der Waals surface area contributed by atoms with E-state index >= 15 is 0 Å². The van der Waals surface area contributed by atoms with Crippen molar-refractivity contribution in [2.45, 2.75) is 13.8 Å². The first-order valence-electron chi connectivity index (χ1n) is 3.94. The van der Waals surface area contributed by atoms with Crippen molar-refractivity contribution in [3.63, 3.8) is 0 Å². The summed E-state index contributed by atoms with van der Waals surface area (Å²) in [6.07, 6.45) is 0. The Morgan fingerprint density at radius 3 is 2.69 bits per heavy atom. The van der Waals surface area contributed by atoms with Crippen LogP contribution in [-0.4, -0.2) is 22.4 Å². The van der Waals surface area contributed by atoms with Gasteiger partial charge < -0.3 is 4.74 Å². The molecule has 0 bridgehead atoms. The summed E-state index contributed by atoms with van der Waals surface area (Å²) in [4.78, 5) is 11.2. The number of esters is 1. The van der Waals surface area contributed by atoms with Crippen molar-refractivity contribution in [2.75, 3.05) is 6.61 Å². The lowest BCUT2D eigenvalue weighted by Crippen LogP contribution is -2.07. The Bertz CT molecular complexity index is 333. The van der Waals surface area contributed by atoms with E-state index in [1.807, 2.05) is 0 Å². The van der Waals surface area contributed by atoms with Gasteiger partial charge in [0.15, 0.2) is 0 Å². The number of carbonyl (C=O) groups is 1. The molecule has 1 aromatic heterocycles. The molecule has 0 spiro atoms. The van der Waals surface area contributed by atoms with Crippen molar-refractivity contribution >= 4 is 5.97 Å². The summed E-state index contributed by atoms with van der Waals surface area (Å²) in [6.45, 7) is 3.51. The topological polar surface area (TPSA) is 44.1 Å². The average Bonchev–Trinajstić information content (AvgIpc) is 2.27. The Balaban J connectivity index is 3.06. The Morgan fingerprint density at radius 1 is 1.69 bits per heavy atom. The van der Waals surface area contributed by atoms with Gasteiger partial charge >= 0.3 is 5.97 Å². The third kappa shape index (κ3) is 1.68. The number of hydrogen-bond donors (Lipinski definition) is 0.